The molecule has 0 aromatic heterocycles. The smallest absolute Gasteiger partial charge is 0.234 e. The van der Waals surface area contributed by atoms with Crippen molar-refractivity contribution in [2.45, 2.75) is 31.6 Å². The zero-order valence-electron chi connectivity index (χ0n) is 11.2. The van der Waals surface area contributed by atoms with Gasteiger partial charge in [0.2, 0.25) is 5.91 Å². The van der Waals surface area contributed by atoms with Gasteiger partial charge < -0.3 is 10.1 Å². The molecule has 0 radical (unpaired) electrons. The first kappa shape index (κ1) is 15.0. The van der Waals surface area contributed by atoms with Crippen LogP contribution in [0.5, 0.6) is 5.75 Å². The maximum absolute atomic E-state index is 11.9. The van der Waals surface area contributed by atoms with E-state index in [4.69, 9.17) is 4.74 Å². The van der Waals surface area contributed by atoms with Crippen LogP contribution in [0.2, 0.25) is 0 Å². The Bertz CT molecular complexity index is 389. The van der Waals surface area contributed by atoms with Crippen LogP contribution in [0.25, 0.3) is 0 Å². The fourth-order valence-corrected chi connectivity index (χ4v) is 1.70. The lowest BCUT2D eigenvalue weighted by Crippen LogP contribution is -2.35. The summed E-state index contributed by atoms with van der Waals surface area (Å²) < 4.78 is 5.10. The molecule has 3 nitrogen and oxygen atoms in total. The Labute approximate surface area is 117 Å². The average Bonchev–Trinajstić information content (AvgIpc) is 2.37. The molecule has 0 spiro atoms. The van der Waals surface area contributed by atoms with Crippen molar-refractivity contribution in [2.24, 2.45) is 5.92 Å². The Morgan fingerprint density at radius 1 is 1.22 bits per heavy atom. The molecule has 1 rings (SSSR count). The summed E-state index contributed by atoms with van der Waals surface area (Å²) in [5, 5.41) is 2.99. The van der Waals surface area contributed by atoms with E-state index >= 15 is 0 Å². The summed E-state index contributed by atoms with van der Waals surface area (Å²) in [6.07, 6.45) is 0. The minimum Gasteiger partial charge on any atom is -0.497 e. The molecule has 4 heteroatoms. The number of amides is 1. The van der Waals surface area contributed by atoms with Gasteiger partial charge in [0, 0.05) is 0 Å². The van der Waals surface area contributed by atoms with Crippen LogP contribution in [0.4, 0.5) is 0 Å². The molecule has 100 valence electrons. The van der Waals surface area contributed by atoms with Gasteiger partial charge >= 0.3 is 0 Å². The molecular weight excluding hydrogens is 294 g/mol. The van der Waals surface area contributed by atoms with Gasteiger partial charge in [0.1, 0.15) is 5.75 Å². The van der Waals surface area contributed by atoms with Crippen molar-refractivity contribution < 1.29 is 9.53 Å². The van der Waals surface area contributed by atoms with Gasteiger partial charge in [-0.1, -0.05) is 41.9 Å². The first-order valence-electron chi connectivity index (χ1n) is 6.04. The van der Waals surface area contributed by atoms with Gasteiger partial charge in [-0.3, -0.25) is 4.79 Å². The minimum absolute atomic E-state index is 0.0118. The maximum Gasteiger partial charge on any atom is 0.234 e. The van der Waals surface area contributed by atoms with E-state index in [1.54, 1.807) is 7.11 Å². The second-order valence-electron chi connectivity index (χ2n) is 4.65. The van der Waals surface area contributed by atoms with Crippen LogP contribution in [0, 0.1) is 5.92 Å². The Hall–Kier alpha value is -1.03. The third-order valence-electron chi connectivity index (χ3n) is 2.81. The summed E-state index contributed by atoms with van der Waals surface area (Å²) >= 11 is 3.40. The number of methoxy groups -OCH3 is 1. The van der Waals surface area contributed by atoms with E-state index in [-0.39, 0.29) is 22.7 Å². The Kier molecular flexibility index (Phi) is 5.66. The lowest BCUT2D eigenvalue weighted by molar-refractivity contribution is -0.121. The lowest BCUT2D eigenvalue weighted by Gasteiger charge is -2.19. The number of hydrogen-bond acceptors (Lipinski definition) is 2. The number of carbonyl (C=O) groups excluding carboxylic acids is 1. The summed E-state index contributed by atoms with van der Waals surface area (Å²) in [6, 6.07) is 7.70. The van der Waals surface area contributed by atoms with Crippen molar-refractivity contribution in [3.05, 3.63) is 29.8 Å². The molecule has 1 N–H and O–H groups in total. The largest absolute Gasteiger partial charge is 0.497 e. The van der Waals surface area contributed by atoms with Gasteiger partial charge in [-0.05, 0) is 30.5 Å². The number of nitrogens with one attached hydrogen (secondary N) is 1. The first-order valence-corrected chi connectivity index (χ1v) is 6.95. The molecule has 1 amide bonds. The number of rotatable bonds is 5. The molecular formula is C14H20BrNO2. The van der Waals surface area contributed by atoms with Crippen molar-refractivity contribution in [2.75, 3.05) is 7.11 Å². The quantitative estimate of drug-likeness (QED) is 0.847. The van der Waals surface area contributed by atoms with Crippen molar-refractivity contribution >= 4 is 21.8 Å². The van der Waals surface area contributed by atoms with Gasteiger partial charge in [-0.15, -0.1) is 0 Å². The summed E-state index contributed by atoms with van der Waals surface area (Å²) in [4.78, 5) is 11.8. The monoisotopic (exact) mass is 313 g/mol. The van der Waals surface area contributed by atoms with E-state index in [0.29, 0.717) is 0 Å². The summed E-state index contributed by atoms with van der Waals surface area (Å²) in [5.41, 5.74) is 1.06. The highest BCUT2D eigenvalue weighted by molar-refractivity contribution is 9.10. The van der Waals surface area contributed by atoms with Crippen molar-refractivity contribution in [1.29, 1.82) is 0 Å². The molecule has 0 saturated carbocycles. The highest BCUT2D eigenvalue weighted by Crippen LogP contribution is 2.19. The number of halogens is 1. The van der Waals surface area contributed by atoms with E-state index < -0.39 is 0 Å². The highest BCUT2D eigenvalue weighted by atomic mass is 79.9. The first-order chi connectivity index (χ1) is 8.45. The van der Waals surface area contributed by atoms with Crippen molar-refractivity contribution in [3.63, 3.8) is 0 Å². The predicted molar refractivity (Wildman–Crippen MR) is 77.1 cm³/mol. The van der Waals surface area contributed by atoms with Gasteiger partial charge in [-0.25, -0.2) is 0 Å². The van der Waals surface area contributed by atoms with E-state index in [0.717, 1.165) is 11.3 Å². The number of carbonyl (C=O) groups is 1. The Balaban J connectivity index is 2.64. The number of alkyl halides is 1. The number of hydrogen-bond donors (Lipinski definition) is 1. The molecule has 0 bridgehead atoms. The molecule has 0 aliphatic heterocycles. The third-order valence-corrected chi connectivity index (χ3v) is 4.28. The van der Waals surface area contributed by atoms with Crippen LogP contribution in [0.3, 0.4) is 0 Å². The maximum atomic E-state index is 11.9. The summed E-state index contributed by atoms with van der Waals surface area (Å²) in [5.74, 6) is 1.11. The normalized spacial score (nSPS) is 14.1. The van der Waals surface area contributed by atoms with Gasteiger partial charge in [-0.2, -0.15) is 0 Å². The van der Waals surface area contributed by atoms with E-state index in [2.05, 4.69) is 21.2 Å². The molecule has 1 aromatic rings. The van der Waals surface area contributed by atoms with Crippen molar-refractivity contribution in [1.82, 2.24) is 5.32 Å². The van der Waals surface area contributed by atoms with Gasteiger partial charge in [0.25, 0.3) is 0 Å². The standard InChI is InChI=1S/C14H20BrNO2/c1-9(2)13(15)14(17)16-10(3)11-5-7-12(18-4)8-6-11/h5-10,13H,1-4H3,(H,16,17)/t10-,13-/m1/s1. The number of benzene rings is 1. The minimum atomic E-state index is -0.154. The SMILES string of the molecule is COc1ccc([C@@H](C)NC(=O)[C@H](Br)C(C)C)cc1. The van der Waals surface area contributed by atoms with Crippen LogP contribution in [0.15, 0.2) is 24.3 Å². The van der Waals surface area contributed by atoms with Crippen LogP contribution in [-0.4, -0.2) is 17.8 Å². The molecule has 0 aliphatic rings. The van der Waals surface area contributed by atoms with Crippen LogP contribution >= 0.6 is 15.9 Å². The molecule has 1 aromatic carbocycles. The highest BCUT2D eigenvalue weighted by Gasteiger charge is 2.20. The van der Waals surface area contributed by atoms with Crippen LogP contribution in [-0.2, 0) is 4.79 Å². The van der Waals surface area contributed by atoms with E-state index in [1.807, 2.05) is 45.0 Å². The third kappa shape index (κ3) is 4.02. The topological polar surface area (TPSA) is 38.3 Å². The zero-order chi connectivity index (χ0) is 13.7. The molecule has 0 heterocycles. The van der Waals surface area contributed by atoms with Crippen molar-refractivity contribution in [3.8, 4) is 5.75 Å². The lowest BCUT2D eigenvalue weighted by atomic mass is 10.1. The molecule has 0 unspecified atom stereocenters. The van der Waals surface area contributed by atoms with E-state index in [1.165, 1.54) is 0 Å². The second kappa shape index (κ2) is 6.78. The summed E-state index contributed by atoms with van der Waals surface area (Å²) in [7, 11) is 1.64. The predicted octanol–water partition coefficient (Wildman–Crippen LogP) is 3.29. The molecule has 0 saturated heterocycles. The van der Waals surface area contributed by atoms with E-state index in [9.17, 15) is 4.79 Å². The fourth-order valence-electron chi connectivity index (χ4n) is 1.57. The van der Waals surface area contributed by atoms with Gasteiger partial charge in [0.15, 0.2) is 0 Å². The zero-order valence-corrected chi connectivity index (χ0v) is 12.8. The second-order valence-corrected chi connectivity index (χ2v) is 5.64. The molecule has 0 aliphatic carbocycles. The molecule has 18 heavy (non-hydrogen) atoms. The fraction of sp³-hybridized carbons (Fsp3) is 0.500. The number of ether oxygens (including phenoxy) is 1. The van der Waals surface area contributed by atoms with Gasteiger partial charge in [0.05, 0.1) is 18.0 Å². The summed E-state index contributed by atoms with van der Waals surface area (Å²) in [6.45, 7) is 5.99. The molecule has 0 fully saturated rings. The Morgan fingerprint density at radius 3 is 2.22 bits per heavy atom. The van der Waals surface area contributed by atoms with Crippen LogP contribution in [0.1, 0.15) is 32.4 Å². The Morgan fingerprint density at radius 2 is 1.78 bits per heavy atom. The molecule has 2 atom stereocenters. The van der Waals surface area contributed by atoms with Crippen LogP contribution < -0.4 is 10.1 Å². The average molecular weight is 314 g/mol.